The van der Waals surface area contributed by atoms with Crippen LogP contribution in [0, 0.1) is 11.3 Å². The van der Waals surface area contributed by atoms with Crippen LogP contribution in [0.15, 0.2) is 35.2 Å². The molecule has 0 fully saturated rings. The van der Waals surface area contributed by atoms with E-state index in [2.05, 4.69) is 35.7 Å². The third-order valence-electron chi connectivity index (χ3n) is 1.93. The summed E-state index contributed by atoms with van der Waals surface area (Å²) in [6.07, 6.45) is 1.60. The number of unbranched alkanes of at least 4 members (excludes halogenated alkanes) is 1. The van der Waals surface area contributed by atoms with Crippen LogP contribution in [0.3, 0.4) is 0 Å². The van der Waals surface area contributed by atoms with E-state index in [0.29, 0.717) is 6.42 Å². The molecule has 1 rings (SSSR count). The van der Waals surface area contributed by atoms with E-state index in [1.54, 1.807) is 0 Å². The lowest BCUT2D eigenvalue weighted by Crippen LogP contribution is -2.18. The van der Waals surface area contributed by atoms with Crippen molar-refractivity contribution >= 4 is 11.8 Å². The van der Waals surface area contributed by atoms with Crippen molar-refractivity contribution < 1.29 is 0 Å². The maximum atomic E-state index is 8.34. The SMILES string of the molecule is N#CCCCNCCSc1ccccc1. The topological polar surface area (TPSA) is 35.8 Å². The highest BCUT2D eigenvalue weighted by atomic mass is 32.2. The van der Waals surface area contributed by atoms with Gasteiger partial charge in [0.25, 0.3) is 0 Å². The van der Waals surface area contributed by atoms with E-state index in [-0.39, 0.29) is 0 Å². The van der Waals surface area contributed by atoms with Gasteiger partial charge in [0.15, 0.2) is 0 Å². The van der Waals surface area contributed by atoms with Crippen LogP contribution in [0.1, 0.15) is 12.8 Å². The number of hydrogen-bond acceptors (Lipinski definition) is 3. The van der Waals surface area contributed by atoms with Crippen molar-refractivity contribution in [2.75, 3.05) is 18.8 Å². The molecule has 80 valence electrons. The van der Waals surface area contributed by atoms with Crippen molar-refractivity contribution in [1.82, 2.24) is 5.32 Å². The Balaban J connectivity index is 1.96. The molecule has 0 amide bonds. The van der Waals surface area contributed by atoms with Gasteiger partial charge in [0.2, 0.25) is 0 Å². The minimum Gasteiger partial charge on any atom is -0.316 e. The summed E-state index contributed by atoms with van der Waals surface area (Å²) in [5.41, 5.74) is 0. The molecule has 2 nitrogen and oxygen atoms in total. The van der Waals surface area contributed by atoms with Crippen molar-refractivity contribution in [3.05, 3.63) is 30.3 Å². The first kappa shape index (κ1) is 12.1. The van der Waals surface area contributed by atoms with E-state index >= 15 is 0 Å². The highest BCUT2D eigenvalue weighted by molar-refractivity contribution is 7.99. The lowest BCUT2D eigenvalue weighted by atomic mass is 10.3. The van der Waals surface area contributed by atoms with Crippen molar-refractivity contribution in [1.29, 1.82) is 5.26 Å². The van der Waals surface area contributed by atoms with Gasteiger partial charge in [-0.15, -0.1) is 11.8 Å². The molecule has 0 aliphatic rings. The minimum atomic E-state index is 0.652. The van der Waals surface area contributed by atoms with Crippen LogP contribution in [0.2, 0.25) is 0 Å². The molecule has 0 aliphatic carbocycles. The standard InChI is InChI=1S/C12H16N2S/c13-8-4-5-9-14-10-11-15-12-6-2-1-3-7-12/h1-3,6-7,14H,4-5,9-11H2. The van der Waals surface area contributed by atoms with Gasteiger partial charge in [-0.3, -0.25) is 0 Å². The van der Waals surface area contributed by atoms with Gasteiger partial charge >= 0.3 is 0 Å². The summed E-state index contributed by atoms with van der Waals surface area (Å²) in [7, 11) is 0. The van der Waals surface area contributed by atoms with Crippen LogP contribution < -0.4 is 5.32 Å². The Morgan fingerprint density at radius 3 is 2.73 bits per heavy atom. The molecule has 15 heavy (non-hydrogen) atoms. The average molecular weight is 220 g/mol. The van der Waals surface area contributed by atoms with Gasteiger partial charge in [-0.05, 0) is 25.1 Å². The Labute approximate surface area is 95.7 Å². The zero-order valence-corrected chi connectivity index (χ0v) is 9.59. The van der Waals surface area contributed by atoms with Crippen molar-refractivity contribution in [3.63, 3.8) is 0 Å². The highest BCUT2D eigenvalue weighted by Crippen LogP contribution is 2.15. The molecule has 0 unspecified atom stereocenters. The summed E-state index contributed by atoms with van der Waals surface area (Å²) in [5.74, 6) is 1.08. The quantitative estimate of drug-likeness (QED) is 0.567. The Bertz CT molecular complexity index is 292. The first-order chi connectivity index (χ1) is 7.43. The second kappa shape index (κ2) is 8.34. The fourth-order valence-electron chi connectivity index (χ4n) is 1.18. The maximum Gasteiger partial charge on any atom is 0.0622 e. The van der Waals surface area contributed by atoms with E-state index in [4.69, 9.17) is 5.26 Å². The largest absolute Gasteiger partial charge is 0.316 e. The van der Waals surface area contributed by atoms with Gasteiger partial charge < -0.3 is 5.32 Å². The molecule has 1 aromatic rings. The number of hydrogen-bond donors (Lipinski definition) is 1. The molecule has 0 saturated heterocycles. The van der Waals surface area contributed by atoms with Gasteiger partial charge in [0, 0.05) is 23.6 Å². The molecule has 1 N–H and O–H groups in total. The third-order valence-corrected chi connectivity index (χ3v) is 2.95. The maximum absolute atomic E-state index is 8.34. The van der Waals surface area contributed by atoms with E-state index in [9.17, 15) is 0 Å². The van der Waals surface area contributed by atoms with Crippen LogP contribution in [-0.2, 0) is 0 Å². The first-order valence-electron chi connectivity index (χ1n) is 5.19. The lowest BCUT2D eigenvalue weighted by molar-refractivity contribution is 0.686. The fourth-order valence-corrected chi connectivity index (χ4v) is 2.01. The number of nitrogens with one attached hydrogen (secondary N) is 1. The number of rotatable bonds is 7. The van der Waals surface area contributed by atoms with Crippen LogP contribution in [0.4, 0.5) is 0 Å². The molecule has 0 aliphatic heterocycles. The zero-order valence-electron chi connectivity index (χ0n) is 8.78. The fraction of sp³-hybridized carbons (Fsp3) is 0.417. The molecule has 0 bridgehead atoms. The second-order valence-electron chi connectivity index (χ2n) is 3.17. The third kappa shape index (κ3) is 6.16. The molecule has 3 heteroatoms. The number of thioether (sulfide) groups is 1. The van der Waals surface area contributed by atoms with E-state index < -0.39 is 0 Å². The monoisotopic (exact) mass is 220 g/mol. The van der Waals surface area contributed by atoms with Crippen molar-refractivity contribution in [2.24, 2.45) is 0 Å². The smallest absolute Gasteiger partial charge is 0.0622 e. The molecule has 1 aromatic carbocycles. The average Bonchev–Trinajstić information content (AvgIpc) is 2.29. The minimum absolute atomic E-state index is 0.652. The normalized spacial score (nSPS) is 9.80. The highest BCUT2D eigenvalue weighted by Gasteiger charge is 1.92. The van der Waals surface area contributed by atoms with Gasteiger partial charge in [-0.1, -0.05) is 18.2 Å². The van der Waals surface area contributed by atoms with Crippen molar-refractivity contribution in [3.8, 4) is 6.07 Å². The molecular weight excluding hydrogens is 204 g/mol. The Morgan fingerprint density at radius 1 is 1.20 bits per heavy atom. The van der Waals surface area contributed by atoms with Crippen LogP contribution in [-0.4, -0.2) is 18.8 Å². The van der Waals surface area contributed by atoms with E-state index in [0.717, 1.165) is 25.3 Å². The van der Waals surface area contributed by atoms with E-state index in [1.165, 1.54) is 4.90 Å². The summed E-state index contributed by atoms with van der Waals surface area (Å²) >= 11 is 1.86. The molecule has 0 heterocycles. The molecule has 0 atom stereocenters. The second-order valence-corrected chi connectivity index (χ2v) is 4.34. The lowest BCUT2D eigenvalue weighted by Gasteiger charge is -2.03. The zero-order chi connectivity index (χ0) is 10.8. The predicted molar refractivity (Wildman–Crippen MR) is 64.9 cm³/mol. The number of benzene rings is 1. The summed E-state index contributed by atoms with van der Waals surface area (Å²) in [4.78, 5) is 1.32. The Morgan fingerprint density at radius 2 is 2.00 bits per heavy atom. The van der Waals surface area contributed by atoms with Crippen LogP contribution >= 0.6 is 11.8 Å². The Hall–Kier alpha value is -0.980. The number of nitriles is 1. The summed E-state index contributed by atoms with van der Waals surface area (Å²) in [5, 5.41) is 11.7. The first-order valence-corrected chi connectivity index (χ1v) is 6.17. The molecule has 0 spiro atoms. The molecule has 0 saturated carbocycles. The van der Waals surface area contributed by atoms with Gasteiger partial charge in [0.05, 0.1) is 6.07 Å². The van der Waals surface area contributed by atoms with Gasteiger partial charge in [0.1, 0.15) is 0 Å². The summed E-state index contributed by atoms with van der Waals surface area (Å²) in [6.45, 7) is 1.95. The summed E-state index contributed by atoms with van der Waals surface area (Å²) < 4.78 is 0. The number of nitrogens with zero attached hydrogens (tertiary/aromatic N) is 1. The molecule has 0 radical (unpaired) electrons. The van der Waals surface area contributed by atoms with Crippen molar-refractivity contribution in [2.45, 2.75) is 17.7 Å². The summed E-state index contributed by atoms with van der Waals surface area (Å²) in [6, 6.07) is 12.5. The molecular formula is C12H16N2S. The molecule has 0 aromatic heterocycles. The predicted octanol–water partition coefficient (Wildman–Crippen LogP) is 2.67. The van der Waals surface area contributed by atoms with E-state index in [1.807, 2.05) is 17.8 Å². The van der Waals surface area contributed by atoms with Crippen LogP contribution in [0.5, 0.6) is 0 Å². The van der Waals surface area contributed by atoms with Crippen LogP contribution in [0.25, 0.3) is 0 Å². The Kier molecular flexibility index (Phi) is 6.72. The van der Waals surface area contributed by atoms with Gasteiger partial charge in [-0.25, -0.2) is 0 Å². The van der Waals surface area contributed by atoms with Gasteiger partial charge in [-0.2, -0.15) is 5.26 Å².